The quantitative estimate of drug-likeness (QED) is 0.788. The van der Waals surface area contributed by atoms with Crippen LogP contribution in [-0.4, -0.2) is 17.8 Å². The molecule has 2 bridgehead atoms. The minimum atomic E-state index is -0.961. The first-order valence-electron chi connectivity index (χ1n) is 5.92. The molecule has 4 rings (SSSR count). The molecular weight excluding hydrogens is 212 g/mol. The summed E-state index contributed by atoms with van der Waals surface area (Å²) in [5.41, 5.74) is -0.763. The van der Waals surface area contributed by atoms with E-state index < -0.39 is 11.2 Å². The number of methoxy groups -OCH3 is 1. The van der Waals surface area contributed by atoms with Crippen molar-refractivity contribution in [1.82, 2.24) is 0 Å². The smallest absolute Gasteiger partial charge is 0.137 e. The highest BCUT2D eigenvalue weighted by Crippen LogP contribution is 2.49. The van der Waals surface area contributed by atoms with Crippen LogP contribution in [0.3, 0.4) is 0 Å². The van der Waals surface area contributed by atoms with Gasteiger partial charge < -0.3 is 9.84 Å². The fraction of sp³-hybridized carbons (Fsp3) is 0.333. The molecule has 0 radical (unpaired) electrons. The van der Waals surface area contributed by atoms with E-state index in [0.717, 1.165) is 5.56 Å². The Morgan fingerprint density at radius 1 is 1.18 bits per heavy atom. The molecule has 0 amide bonds. The van der Waals surface area contributed by atoms with Gasteiger partial charge in [-0.1, -0.05) is 42.5 Å². The van der Waals surface area contributed by atoms with E-state index in [2.05, 4.69) is 12.2 Å². The largest absolute Gasteiger partial charge is 0.381 e. The second kappa shape index (κ2) is 3.56. The number of aliphatic hydroxyl groups is 1. The van der Waals surface area contributed by atoms with Gasteiger partial charge in [-0.25, -0.2) is 0 Å². The molecule has 0 aliphatic heterocycles. The van der Waals surface area contributed by atoms with Crippen molar-refractivity contribution >= 4 is 0 Å². The van der Waals surface area contributed by atoms with Crippen molar-refractivity contribution in [2.24, 2.45) is 5.92 Å². The van der Waals surface area contributed by atoms with Crippen LogP contribution in [-0.2, 0) is 10.3 Å². The van der Waals surface area contributed by atoms with E-state index in [0.29, 0.717) is 12.3 Å². The number of hydrogen-bond donors (Lipinski definition) is 1. The number of allylic oxidation sites excluding steroid dienone is 2. The second-order valence-electron chi connectivity index (χ2n) is 4.81. The topological polar surface area (TPSA) is 29.5 Å². The lowest BCUT2D eigenvalue weighted by molar-refractivity contribution is -0.140. The van der Waals surface area contributed by atoms with Crippen LogP contribution >= 0.6 is 0 Å². The summed E-state index contributed by atoms with van der Waals surface area (Å²) in [5, 5.41) is 11.1. The number of ether oxygens (including phenoxy) is 1. The Morgan fingerprint density at radius 2 is 1.82 bits per heavy atom. The minimum absolute atomic E-state index is 0.303. The molecular formula is C15H16O2. The summed E-state index contributed by atoms with van der Waals surface area (Å²) < 4.78 is 5.61. The normalized spacial score (nSPS) is 38.6. The highest BCUT2D eigenvalue weighted by Gasteiger charge is 2.53. The molecule has 0 saturated carbocycles. The van der Waals surface area contributed by atoms with Crippen LogP contribution in [0.4, 0.5) is 0 Å². The monoisotopic (exact) mass is 228 g/mol. The first-order chi connectivity index (χ1) is 8.20. The highest BCUT2D eigenvalue weighted by atomic mass is 16.5. The third-order valence-corrected chi connectivity index (χ3v) is 3.95. The van der Waals surface area contributed by atoms with Gasteiger partial charge >= 0.3 is 0 Å². The van der Waals surface area contributed by atoms with Gasteiger partial charge in [0.1, 0.15) is 11.2 Å². The zero-order valence-electron chi connectivity index (χ0n) is 9.84. The summed E-state index contributed by atoms with van der Waals surface area (Å²) in [5.74, 6) is 0.303. The van der Waals surface area contributed by atoms with Crippen LogP contribution < -0.4 is 0 Å². The summed E-state index contributed by atoms with van der Waals surface area (Å²) >= 11 is 0. The van der Waals surface area contributed by atoms with E-state index in [9.17, 15) is 5.11 Å². The predicted molar refractivity (Wildman–Crippen MR) is 66.5 cm³/mol. The molecule has 1 aromatic rings. The first kappa shape index (κ1) is 10.8. The van der Waals surface area contributed by atoms with Gasteiger partial charge in [0.25, 0.3) is 0 Å². The molecule has 2 nitrogen and oxygen atoms in total. The van der Waals surface area contributed by atoms with Crippen LogP contribution in [0, 0.1) is 5.92 Å². The Bertz CT molecular complexity index is 461. The molecule has 3 aliphatic rings. The van der Waals surface area contributed by atoms with Crippen LogP contribution in [0.5, 0.6) is 0 Å². The Labute approximate surface area is 101 Å². The lowest BCUT2D eigenvalue weighted by Gasteiger charge is -2.49. The van der Waals surface area contributed by atoms with Gasteiger partial charge in [-0.15, -0.1) is 0 Å². The van der Waals surface area contributed by atoms with E-state index in [-0.39, 0.29) is 0 Å². The van der Waals surface area contributed by atoms with Gasteiger partial charge in [0.2, 0.25) is 0 Å². The van der Waals surface area contributed by atoms with Gasteiger partial charge in [0.15, 0.2) is 0 Å². The Hall–Kier alpha value is -1.38. The number of hydrogen-bond acceptors (Lipinski definition) is 2. The maximum absolute atomic E-state index is 11.1. The van der Waals surface area contributed by atoms with Gasteiger partial charge in [0.05, 0.1) is 0 Å². The minimum Gasteiger partial charge on any atom is -0.381 e. The Kier molecular flexibility index (Phi) is 2.25. The number of fused-ring (bicyclic) bond motifs is 1. The second-order valence-corrected chi connectivity index (χ2v) is 4.81. The van der Waals surface area contributed by atoms with Crippen LogP contribution in [0.2, 0.25) is 0 Å². The summed E-state index contributed by atoms with van der Waals surface area (Å²) in [7, 11) is 1.65. The molecule has 0 aromatic heterocycles. The number of rotatable bonds is 2. The van der Waals surface area contributed by atoms with Crippen molar-refractivity contribution < 1.29 is 9.84 Å². The summed E-state index contributed by atoms with van der Waals surface area (Å²) in [6.45, 7) is 0. The molecule has 0 fully saturated rings. The molecule has 1 N–H and O–H groups in total. The number of benzene rings is 1. The molecule has 3 aliphatic carbocycles. The van der Waals surface area contributed by atoms with Crippen molar-refractivity contribution in [3.63, 3.8) is 0 Å². The lowest BCUT2D eigenvalue weighted by Crippen LogP contribution is -2.55. The van der Waals surface area contributed by atoms with E-state index in [4.69, 9.17) is 4.74 Å². The average molecular weight is 228 g/mol. The molecule has 88 valence electrons. The van der Waals surface area contributed by atoms with Crippen LogP contribution in [0.15, 0.2) is 54.6 Å². The lowest BCUT2D eigenvalue weighted by atomic mass is 9.64. The third kappa shape index (κ3) is 1.34. The standard InChI is InChI=1S/C15H16O2/c1-17-14-9-7-12(8-10-14)11-15(14,16)13-5-3-2-4-6-13/h2-10,12,16H,11H2,1H3/t12?,14?,15-/m0/s1. The average Bonchev–Trinajstić information content (AvgIpc) is 2.41. The van der Waals surface area contributed by atoms with Crippen LogP contribution in [0.25, 0.3) is 0 Å². The molecule has 0 spiro atoms. The molecule has 17 heavy (non-hydrogen) atoms. The van der Waals surface area contributed by atoms with Gasteiger partial charge in [0, 0.05) is 7.11 Å². The van der Waals surface area contributed by atoms with Gasteiger partial charge in [-0.05, 0) is 30.1 Å². The van der Waals surface area contributed by atoms with Crippen molar-refractivity contribution in [1.29, 1.82) is 0 Å². The molecule has 1 aromatic carbocycles. The van der Waals surface area contributed by atoms with Crippen LogP contribution in [0.1, 0.15) is 12.0 Å². The fourth-order valence-electron chi connectivity index (χ4n) is 2.93. The van der Waals surface area contributed by atoms with Crippen molar-refractivity contribution in [3.05, 3.63) is 60.2 Å². The SMILES string of the molecule is COC12C=CC(C=C1)C[C@]2(O)c1ccccc1. The Balaban J connectivity index is 2.14. The van der Waals surface area contributed by atoms with E-state index in [1.807, 2.05) is 42.5 Å². The Morgan fingerprint density at radius 3 is 2.41 bits per heavy atom. The van der Waals surface area contributed by atoms with E-state index in [1.165, 1.54) is 0 Å². The molecule has 0 saturated heterocycles. The zero-order chi connectivity index (χ0) is 11.9. The van der Waals surface area contributed by atoms with E-state index in [1.54, 1.807) is 7.11 Å². The maximum atomic E-state index is 11.1. The van der Waals surface area contributed by atoms with Crippen molar-refractivity contribution in [3.8, 4) is 0 Å². The van der Waals surface area contributed by atoms with E-state index >= 15 is 0 Å². The van der Waals surface area contributed by atoms with Gasteiger partial charge in [-0.2, -0.15) is 0 Å². The summed E-state index contributed by atoms with van der Waals surface area (Å²) in [4.78, 5) is 0. The maximum Gasteiger partial charge on any atom is 0.137 e. The molecule has 0 heterocycles. The molecule has 1 atom stereocenters. The third-order valence-electron chi connectivity index (χ3n) is 3.95. The molecule has 2 heteroatoms. The van der Waals surface area contributed by atoms with Gasteiger partial charge in [-0.3, -0.25) is 0 Å². The summed E-state index contributed by atoms with van der Waals surface area (Å²) in [6.07, 6.45) is 8.86. The molecule has 0 unspecified atom stereocenters. The predicted octanol–water partition coefficient (Wildman–Crippen LogP) is 2.41. The fourth-order valence-corrected chi connectivity index (χ4v) is 2.93. The first-order valence-corrected chi connectivity index (χ1v) is 5.92. The zero-order valence-corrected chi connectivity index (χ0v) is 9.84. The van der Waals surface area contributed by atoms with Crippen molar-refractivity contribution in [2.75, 3.05) is 7.11 Å². The van der Waals surface area contributed by atoms with Crippen molar-refractivity contribution in [2.45, 2.75) is 17.6 Å². The highest BCUT2D eigenvalue weighted by molar-refractivity contribution is 5.41. The summed E-state index contributed by atoms with van der Waals surface area (Å²) in [6, 6.07) is 9.78.